The Morgan fingerprint density at radius 3 is 2.17 bits per heavy atom. The Morgan fingerprint density at radius 1 is 0.958 bits per heavy atom. The molecule has 1 aromatic carbocycles. The van der Waals surface area contributed by atoms with Crippen molar-refractivity contribution in [1.29, 1.82) is 0 Å². The third-order valence-corrected chi connectivity index (χ3v) is 3.50. The minimum absolute atomic E-state index is 0.0519. The first-order valence-electron chi connectivity index (χ1n) is 6.93. The van der Waals surface area contributed by atoms with Crippen LogP contribution < -0.4 is 0 Å². The van der Waals surface area contributed by atoms with E-state index in [0.29, 0.717) is 5.56 Å². The average Bonchev–Trinajstić information content (AvgIpc) is 3.08. The summed E-state index contributed by atoms with van der Waals surface area (Å²) in [6.45, 7) is 1.45. The van der Waals surface area contributed by atoms with Crippen LogP contribution in [0.1, 0.15) is 5.69 Å². The Morgan fingerprint density at radius 2 is 1.62 bits per heavy atom. The van der Waals surface area contributed by atoms with Crippen LogP contribution in [-0.2, 0) is 0 Å². The first kappa shape index (κ1) is 15.3. The van der Waals surface area contributed by atoms with E-state index in [9.17, 15) is 20.2 Å². The highest BCUT2D eigenvalue weighted by atomic mass is 16.6. The zero-order chi connectivity index (χ0) is 17.3. The van der Waals surface area contributed by atoms with E-state index in [-0.39, 0.29) is 22.7 Å². The van der Waals surface area contributed by atoms with E-state index >= 15 is 0 Å². The molecule has 0 radical (unpaired) electrons. The van der Waals surface area contributed by atoms with Crippen LogP contribution in [-0.4, -0.2) is 14.8 Å². The number of rotatable bonds is 4. The van der Waals surface area contributed by atoms with Crippen LogP contribution in [0.3, 0.4) is 0 Å². The number of furan rings is 1. The standard InChI is InChI=1S/C16H11N3O5/c1-10-15(18(20)21)13(12-8-5-9-24-12)16(19(22)23)14(17-10)11-6-3-2-4-7-11/h2-9H,1H3. The molecule has 120 valence electrons. The zero-order valence-electron chi connectivity index (χ0n) is 12.5. The molecule has 2 heterocycles. The van der Waals surface area contributed by atoms with Gasteiger partial charge in [0.15, 0.2) is 5.56 Å². The lowest BCUT2D eigenvalue weighted by atomic mass is 10.0. The van der Waals surface area contributed by atoms with Gasteiger partial charge in [0.25, 0.3) is 0 Å². The maximum Gasteiger partial charge on any atom is 0.313 e. The summed E-state index contributed by atoms with van der Waals surface area (Å²) in [4.78, 5) is 25.9. The van der Waals surface area contributed by atoms with Crippen molar-refractivity contribution in [2.45, 2.75) is 6.92 Å². The quantitative estimate of drug-likeness (QED) is 0.526. The molecular weight excluding hydrogens is 314 g/mol. The number of hydrogen-bond acceptors (Lipinski definition) is 6. The number of benzene rings is 1. The molecule has 0 atom stereocenters. The second kappa shape index (κ2) is 5.92. The van der Waals surface area contributed by atoms with E-state index in [1.54, 1.807) is 30.3 Å². The molecule has 0 aliphatic heterocycles. The van der Waals surface area contributed by atoms with Gasteiger partial charge < -0.3 is 4.42 Å². The highest BCUT2D eigenvalue weighted by molar-refractivity contribution is 5.88. The van der Waals surface area contributed by atoms with Crippen molar-refractivity contribution < 1.29 is 14.3 Å². The van der Waals surface area contributed by atoms with E-state index in [0.717, 1.165) is 0 Å². The van der Waals surface area contributed by atoms with E-state index in [1.807, 2.05) is 0 Å². The van der Waals surface area contributed by atoms with Crippen LogP contribution in [0.15, 0.2) is 53.1 Å². The maximum atomic E-state index is 11.7. The highest BCUT2D eigenvalue weighted by Crippen LogP contribution is 2.44. The van der Waals surface area contributed by atoms with Gasteiger partial charge in [0.1, 0.15) is 17.1 Å². The van der Waals surface area contributed by atoms with Gasteiger partial charge in [-0.05, 0) is 19.1 Å². The molecule has 0 fully saturated rings. The van der Waals surface area contributed by atoms with Gasteiger partial charge in [-0.2, -0.15) is 0 Å². The lowest BCUT2D eigenvalue weighted by molar-refractivity contribution is -0.393. The Labute approximate surface area is 135 Å². The van der Waals surface area contributed by atoms with Crippen LogP contribution in [0.25, 0.3) is 22.6 Å². The molecule has 0 saturated heterocycles. The first-order valence-corrected chi connectivity index (χ1v) is 6.93. The summed E-state index contributed by atoms with van der Waals surface area (Å²) in [5.41, 5.74) is -0.424. The first-order chi connectivity index (χ1) is 11.5. The summed E-state index contributed by atoms with van der Waals surface area (Å²) in [6.07, 6.45) is 1.31. The van der Waals surface area contributed by atoms with Crippen molar-refractivity contribution in [1.82, 2.24) is 4.98 Å². The van der Waals surface area contributed by atoms with E-state index in [4.69, 9.17) is 4.42 Å². The molecule has 2 aromatic heterocycles. The largest absolute Gasteiger partial charge is 0.464 e. The number of hydrogen-bond donors (Lipinski definition) is 0. The normalized spacial score (nSPS) is 10.5. The summed E-state index contributed by atoms with van der Waals surface area (Å²) >= 11 is 0. The lowest BCUT2D eigenvalue weighted by Crippen LogP contribution is -2.05. The monoisotopic (exact) mass is 325 g/mol. The maximum absolute atomic E-state index is 11.7. The molecule has 0 unspecified atom stereocenters. The molecule has 24 heavy (non-hydrogen) atoms. The fourth-order valence-electron chi connectivity index (χ4n) is 2.54. The molecular formula is C16H11N3O5. The molecule has 0 N–H and O–H groups in total. The Kier molecular flexibility index (Phi) is 3.78. The Balaban J connectivity index is 2.46. The van der Waals surface area contributed by atoms with Crippen LogP contribution >= 0.6 is 0 Å². The minimum Gasteiger partial charge on any atom is -0.464 e. The number of nitro groups is 2. The number of nitrogens with zero attached hydrogens (tertiary/aromatic N) is 3. The summed E-state index contributed by atoms with van der Waals surface area (Å²) in [5.74, 6) is 0.0519. The average molecular weight is 325 g/mol. The summed E-state index contributed by atoms with van der Waals surface area (Å²) in [7, 11) is 0. The molecule has 3 aromatic rings. The van der Waals surface area contributed by atoms with Crippen molar-refractivity contribution in [3.05, 3.63) is 74.7 Å². The van der Waals surface area contributed by atoms with Crippen LogP contribution in [0.4, 0.5) is 11.4 Å². The van der Waals surface area contributed by atoms with Crippen LogP contribution in [0.5, 0.6) is 0 Å². The molecule has 0 aliphatic rings. The second-order valence-electron chi connectivity index (χ2n) is 4.98. The van der Waals surface area contributed by atoms with Gasteiger partial charge in [-0.25, -0.2) is 4.98 Å². The minimum atomic E-state index is -0.679. The highest BCUT2D eigenvalue weighted by Gasteiger charge is 2.35. The molecule has 8 heteroatoms. The smallest absolute Gasteiger partial charge is 0.313 e. The fraction of sp³-hybridized carbons (Fsp3) is 0.0625. The van der Waals surface area contributed by atoms with E-state index < -0.39 is 21.2 Å². The molecule has 0 bridgehead atoms. The third kappa shape index (κ3) is 2.50. The Hall–Kier alpha value is -3.55. The van der Waals surface area contributed by atoms with Gasteiger partial charge in [0, 0.05) is 5.56 Å². The van der Waals surface area contributed by atoms with E-state index in [2.05, 4.69) is 4.98 Å². The Bertz CT molecular complexity index is 921. The van der Waals surface area contributed by atoms with Crippen molar-refractivity contribution in [2.24, 2.45) is 0 Å². The third-order valence-electron chi connectivity index (χ3n) is 3.50. The predicted molar refractivity (Wildman–Crippen MR) is 85.4 cm³/mol. The van der Waals surface area contributed by atoms with Gasteiger partial charge in [0.05, 0.1) is 16.1 Å². The second-order valence-corrected chi connectivity index (χ2v) is 4.98. The molecule has 0 saturated carbocycles. The van der Waals surface area contributed by atoms with Gasteiger partial charge in [-0.1, -0.05) is 30.3 Å². The lowest BCUT2D eigenvalue weighted by Gasteiger charge is -2.09. The molecule has 3 rings (SSSR count). The number of pyridine rings is 1. The topological polar surface area (TPSA) is 112 Å². The summed E-state index contributed by atoms with van der Waals surface area (Å²) in [6, 6.07) is 11.5. The molecule has 0 amide bonds. The SMILES string of the molecule is Cc1nc(-c2ccccc2)c([N+](=O)[O-])c(-c2ccco2)c1[N+](=O)[O-]. The fourth-order valence-corrected chi connectivity index (χ4v) is 2.54. The molecule has 8 nitrogen and oxygen atoms in total. The summed E-state index contributed by atoms with van der Waals surface area (Å²) in [5, 5.41) is 23.2. The van der Waals surface area contributed by atoms with Crippen molar-refractivity contribution in [3.8, 4) is 22.6 Å². The number of aryl methyl sites for hydroxylation is 1. The van der Waals surface area contributed by atoms with Crippen LogP contribution in [0.2, 0.25) is 0 Å². The van der Waals surface area contributed by atoms with Gasteiger partial charge in [0.2, 0.25) is 0 Å². The summed E-state index contributed by atoms with van der Waals surface area (Å²) < 4.78 is 5.21. The van der Waals surface area contributed by atoms with E-state index in [1.165, 1.54) is 25.3 Å². The molecule has 0 aliphatic carbocycles. The van der Waals surface area contributed by atoms with Gasteiger partial charge in [-0.3, -0.25) is 20.2 Å². The number of aromatic nitrogens is 1. The molecule has 0 spiro atoms. The van der Waals surface area contributed by atoms with Crippen molar-refractivity contribution >= 4 is 11.4 Å². The van der Waals surface area contributed by atoms with Crippen molar-refractivity contribution in [3.63, 3.8) is 0 Å². The predicted octanol–water partition coefficient (Wildman–Crippen LogP) is 4.13. The van der Waals surface area contributed by atoms with Gasteiger partial charge >= 0.3 is 11.4 Å². The van der Waals surface area contributed by atoms with Gasteiger partial charge in [-0.15, -0.1) is 0 Å². The van der Waals surface area contributed by atoms with Crippen molar-refractivity contribution in [2.75, 3.05) is 0 Å². The van der Waals surface area contributed by atoms with Crippen LogP contribution in [0, 0.1) is 27.2 Å². The zero-order valence-corrected chi connectivity index (χ0v) is 12.5.